The van der Waals surface area contributed by atoms with Crippen LogP contribution in [-0.2, 0) is 0 Å². The number of nitrogens with one attached hydrogen (secondary N) is 1. The molecule has 0 amide bonds. The molecule has 21 heavy (non-hydrogen) atoms. The first-order valence-electron chi connectivity index (χ1n) is 5.73. The molecule has 2 N–H and O–H groups in total. The molecule has 0 aliphatic heterocycles. The fraction of sp³-hybridized carbons (Fsp3) is 0. The summed E-state index contributed by atoms with van der Waals surface area (Å²) in [5.74, 6) is -0.992. The third-order valence-electron chi connectivity index (χ3n) is 2.72. The molecule has 0 aromatic carbocycles. The van der Waals surface area contributed by atoms with Crippen LogP contribution in [-0.4, -0.2) is 26.0 Å². The number of aromatic amines is 1. The number of aromatic nitrogens is 3. The van der Waals surface area contributed by atoms with Crippen molar-refractivity contribution in [2.75, 3.05) is 0 Å². The molecule has 0 atom stereocenters. The summed E-state index contributed by atoms with van der Waals surface area (Å²) in [6, 6.07) is 3.47. The van der Waals surface area contributed by atoms with Crippen molar-refractivity contribution in [2.45, 2.75) is 0 Å². The number of carboxylic acid groups (broad SMARTS) is 1. The van der Waals surface area contributed by atoms with E-state index in [0.717, 1.165) is 30.9 Å². The number of rotatable bonds is 3. The van der Waals surface area contributed by atoms with Crippen molar-refractivity contribution in [1.82, 2.24) is 15.0 Å². The lowest BCUT2D eigenvalue weighted by Crippen LogP contribution is -1.94. The summed E-state index contributed by atoms with van der Waals surface area (Å²) in [6.07, 6.45) is 3.34. The van der Waals surface area contributed by atoms with E-state index in [-0.39, 0.29) is 5.69 Å². The molecular weight excluding hydrogens is 422 g/mol. The molecule has 8 heteroatoms. The van der Waals surface area contributed by atoms with Crippen LogP contribution in [0.2, 0.25) is 0 Å². The summed E-state index contributed by atoms with van der Waals surface area (Å²) in [4.78, 5) is 22.4. The Balaban J connectivity index is 1.97. The summed E-state index contributed by atoms with van der Waals surface area (Å²) in [5, 5.41) is 11.6. The predicted octanol–water partition coefficient (Wildman–Crippen LogP) is 4.42. The Labute approximate surface area is 140 Å². The Morgan fingerprint density at radius 3 is 2.81 bits per heavy atom. The quantitative estimate of drug-likeness (QED) is 0.646. The number of thiazole rings is 1. The van der Waals surface area contributed by atoms with Gasteiger partial charge in [-0.2, -0.15) is 0 Å². The third kappa shape index (κ3) is 2.92. The van der Waals surface area contributed by atoms with Crippen molar-refractivity contribution >= 4 is 49.2 Å². The number of hydrogen-bond donors (Lipinski definition) is 2. The van der Waals surface area contributed by atoms with Gasteiger partial charge in [0.2, 0.25) is 0 Å². The fourth-order valence-corrected chi connectivity index (χ4v) is 3.90. The molecule has 3 heterocycles. The molecule has 106 valence electrons. The van der Waals surface area contributed by atoms with Crippen LogP contribution >= 0.6 is 43.2 Å². The van der Waals surface area contributed by atoms with E-state index in [1.54, 1.807) is 18.5 Å². The third-order valence-corrected chi connectivity index (χ3v) is 4.61. The first-order chi connectivity index (χ1) is 10.0. The molecular formula is C13H7Br2N3O2S. The fourth-order valence-electron chi connectivity index (χ4n) is 1.75. The monoisotopic (exact) mass is 427 g/mol. The maximum absolute atomic E-state index is 10.9. The van der Waals surface area contributed by atoms with Crippen LogP contribution in [0.25, 0.3) is 22.0 Å². The topological polar surface area (TPSA) is 78.9 Å². The van der Waals surface area contributed by atoms with Crippen LogP contribution in [0.3, 0.4) is 0 Å². The number of hydrogen-bond acceptors (Lipinski definition) is 4. The highest BCUT2D eigenvalue weighted by Gasteiger charge is 2.13. The Bertz CT molecular complexity index is 828. The first-order valence-corrected chi connectivity index (χ1v) is 8.20. The van der Waals surface area contributed by atoms with Gasteiger partial charge in [0, 0.05) is 32.3 Å². The van der Waals surface area contributed by atoms with E-state index >= 15 is 0 Å². The summed E-state index contributed by atoms with van der Waals surface area (Å²) in [6.45, 7) is 0. The second kappa shape index (κ2) is 5.70. The van der Waals surface area contributed by atoms with Crippen LogP contribution < -0.4 is 0 Å². The van der Waals surface area contributed by atoms with Gasteiger partial charge in [0.1, 0.15) is 16.4 Å². The molecule has 0 unspecified atom stereocenters. The molecule has 3 rings (SSSR count). The molecule has 0 spiro atoms. The zero-order chi connectivity index (χ0) is 15.0. The lowest BCUT2D eigenvalue weighted by atomic mass is 10.2. The second-order valence-corrected chi connectivity index (χ2v) is 6.76. The summed E-state index contributed by atoms with van der Waals surface area (Å²) < 4.78 is 1.73. The average molecular weight is 429 g/mol. The van der Waals surface area contributed by atoms with Crippen LogP contribution in [0.4, 0.5) is 0 Å². The molecule has 0 saturated carbocycles. The zero-order valence-electron chi connectivity index (χ0n) is 10.3. The van der Waals surface area contributed by atoms with Gasteiger partial charge in [0.05, 0.1) is 5.69 Å². The minimum Gasteiger partial charge on any atom is -0.477 e. The minimum absolute atomic E-state index is 0.141. The number of nitrogens with zero attached hydrogens (tertiary/aromatic N) is 2. The van der Waals surface area contributed by atoms with Crippen molar-refractivity contribution < 1.29 is 9.90 Å². The zero-order valence-corrected chi connectivity index (χ0v) is 14.3. The standard InChI is InChI=1S/C13H7Br2N3O2S/c14-7-2-8(15)11(17-4-7)12-18-10(5-21-12)6-1-9(13(19)20)16-3-6/h1-5,16H,(H,19,20). The molecule has 0 fully saturated rings. The molecule has 5 nitrogen and oxygen atoms in total. The average Bonchev–Trinajstić information content (AvgIpc) is 3.07. The Morgan fingerprint density at radius 2 is 2.14 bits per heavy atom. The molecule has 3 aromatic heterocycles. The van der Waals surface area contributed by atoms with Crippen LogP contribution in [0.1, 0.15) is 10.5 Å². The van der Waals surface area contributed by atoms with Gasteiger partial charge >= 0.3 is 5.97 Å². The van der Waals surface area contributed by atoms with E-state index in [1.165, 1.54) is 11.3 Å². The Kier molecular flexibility index (Phi) is 3.92. The summed E-state index contributed by atoms with van der Waals surface area (Å²) in [5.41, 5.74) is 2.35. The van der Waals surface area contributed by atoms with E-state index in [2.05, 4.69) is 46.8 Å². The number of H-pyrrole nitrogens is 1. The molecule has 0 radical (unpaired) electrons. The number of halogens is 2. The van der Waals surface area contributed by atoms with Gasteiger partial charge < -0.3 is 10.1 Å². The highest BCUT2D eigenvalue weighted by molar-refractivity contribution is 9.11. The lowest BCUT2D eigenvalue weighted by molar-refractivity contribution is 0.0691. The van der Waals surface area contributed by atoms with Gasteiger partial charge in [-0.3, -0.25) is 4.98 Å². The van der Waals surface area contributed by atoms with Crippen LogP contribution in [0.15, 0.2) is 38.9 Å². The maximum atomic E-state index is 10.9. The molecule has 0 bridgehead atoms. The van der Waals surface area contributed by atoms with Gasteiger partial charge in [-0.1, -0.05) is 0 Å². The van der Waals surface area contributed by atoms with Gasteiger partial charge in [0.15, 0.2) is 0 Å². The number of carboxylic acids is 1. The molecule has 3 aromatic rings. The normalized spacial score (nSPS) is 10.8. The van der Waals surface area contributed by atoms with E-state index in [0.29, 0.717) is 0 Å². The number of carbonyl (C=O) groups is 1. The Hall–Kier alpha value is -1.51. The smallest absolute Gasteiger partial charge is 0.352 e. The van der Waals surface area contributed by atoms with Crippen molar-refractivity contribution in [1.29, 1.82) is 0 Å². The largest absolute Gasteiger partial charge is 0.477 e. The highest BCUT2D eigenvalue weighted by Crippen LogP contribution is 2.33. The second-order valence-electron chi connectivity index (χ2n) is 4.13. The summed E-state index contributed by atoms with van der Waals surface area (Å²) >= 11 is 8.28. The Morgan fingerprint density at radius 1 is 1.33 bits per heavy atom. The van der Waals surface area contributed by atoms with Crippen molar-refractivity contribution in [3.63, 3.8) is 0 Å². The van der Waals surface area contributed by atoms with Gasteiger partial charge in [0.25, 0.3) is 0 Å². The number of pyridine rings is 1. The molecule has 0 aliphatic carbocycles. The van der Waals surface area contributed by atoms with E-state index in [4.69, 9.17) is 5.11 Å². The van der Waals surface area contributed by atoms with E-state index < -0.39 is 5.97 Å². The van der Waals surface area contributed by atoms with Crippen LogP contribution in [0, 0.1) is 0 Å². The van der Waals surface area contributed by atoms with Gasteiger partial charge in [-0.15, -0.1) is 11.3 Å². The van der Waals surface area contributed by atoms with E-state index in [1.807, 2.05) is 11.4 Å². The van der Waals surface area contributed by atoms with Crippen molar-refractivity contribution in [3.8, 4) is 22.0 Å². The van der Waals surface area contributed by atoms with Crippen LogP contribution in [0.5, 0.6) is 0 Å². The molecule has 0 saturated heterocycles. The van der Waals surface area contributed by atoms with E-state index in [9.17, 15) is 4.79 Å². The first kappa shape index (κ1) is 14.4. The predicted molar refractivity (Wildman–Crippen MR) is 87.5 cm³/mol. The molecule has 0 aliphatic rings. The summed E-state index contributed by atoms with van der Waals surface area (Å²) in [7, 11) is 0. The minimum atomic E-state index is -0.992. The number of aromatic carboxylic acids is 1. The highest BCUT2D eigenvalue weighted by atomic mass is 79.9. The van der Waals surface area contributed by atoms with Crippen molar-refractivity contribution in [3.05, 3.63) is 44.5 Å². The van der Waals surface area contributed by atoms with Crippen molar-refractivity contribution in [2.24, 2.45) is 0 Å². The SMILES string of the molecule is O=C(O)c1cc(-c2csc(-c3ncc(Br)cc3Br)n2)c[nH]1. The van der Waals surface area contributed by atoms with Gasteiger partial charge in [-0.05, 0) is 44.0 Å². The lowest BCUT2D eigenvalue weighted by Gasteiger charge is -1.99. The maximum Gasteiger partial charge on any atom is 0.352 e. The van der Waals surface area contributed by atoms with Gasteiger partial charge in [-0.25, -0.2) is 9.78 Å².